The zero-order valence-electron chi connectivity index (χ0n) is 35.2. The molecule has 3 N–H and O–H groups in total. The number of anilines is 1. The van der Waals surface area contributed by atoms with Crippen LogP contribution in [-0.4, -0.2) is 90.4 Å². The lowest BCUT2D eigenvalue weighted by Gasteiger charge is -2.30. The number of aryl methyl sites for hydroxylation is 1. The number of nitrogens with one attached hydrogen (secondary N) is 3. The molecule has 3 amide bonds. The Morgan fingerprint density at radius 2 is 1.82 bits per heavy atom. The van der Waals surface area contributed by atoms with Crippen molar-refractivity contribution in [3.05, 3.63) is 77.3 Å². The first-order valence-corrected chi connectivity index (χ1v) is 23.5. The van der Waals surface area contributed by atoms with Crippen LogP contribution in [0, 0.1) is 12.8 Å². The van der Waals surface area contributed by atoms with Gasteiger partial charge in [0.15, 0.2) is 4.93 Å². The van der Waals surface area contributed by atoms with Crippen molar-refractivity contribution in [1.82, 2.24) is 24.9 Å². The number of thiazole rings is 1. The Labute approximate surface area is 360 Å². The number of pyridine rings is 1. The van der Waals surface area contributed by atoms with Gasteiger partial charge in [-0.15, -0.1) is 11.3 Å². The highest BCUT2D eigenvalue weighted by atomic mass is 32.2. The molecule has 0 radical (unpaired) electrons. The van der Waals surface area contributed by atoms with Crippen molar-refractivity contribution < 1.29 is 37.0 Å². The van der Waals surface area contributed by atoms with E-state index in [1.165, 1.54) is 18.4 Å². The number of carbonyl (C=O) groups is 3. The van der Waals surface area contributed by atoms with E-state index in [0.29, 0.717) is 29.1 Å². The highest BCUT2D eigenvalue weighted by molar-refractivity contribution is 7.91. The Hall–Kier alpha value is -5.06. The van der Waals surface area contributed by atoms with Crippen molar-refractivity contribution in [3.63, 3.8) is 0 Å². The average molecular weight is 871 g/mol. The summed E-state index contributed by atoms with van der Waals surface area (Å²) in [7, 11) is -1.29. The fraction of sp³-hybridized carbons (Fsp3) is 0.489. The van der Waals surface area contributed by atoms with Gasteiger partial charge in [-0.25, -0.2) is 23.1 Å². The third-order valence-electron chi connectivity index (χ3n) is 12.5. The number of nitrogens with zero attached hydrogens (tertiary/aromatic N) is 3. The number of rotatable bonds is 11. The van der Waals surface area contributed by atoms with Gasteiger partial charge in [-0.05, 0) is 75.6 Å². The van der Waals surface area contributed by atoms with Crippen LogP contribution in [0.2, 0.25) is 0 Å². The standard InChI is InChI=1S/C45H54N6O8S2/c1-27(2)35-26-60-41(48-35)34-23-38(32-18-19-37(57-4)28(3)39(32)47-34)59-31-22-36-40(52)49-45(43(54)50-61(55,56)44(58-5)20-21-44)24-29(45)14-10-7-6-8-13-17-33(42(53)51(36)25-31)46-30-15-11-9-12-16-30/h9-12,14-16,18-19,23,26-27,29,31,33,36,46H,6-8,13,17,20-22,24-25H2,1-5H3,(H,49,52)(H,50,54)/t29-,31-,33+,36+,45-/m1/s1. The lowest BCUT2D eigenvalue weighted by Crippen LogP contribution is -2.58. The number of allylic oxidation sites excluding steroid dienone is 1. The molecule has 2 aliphatic heterocycles. The summed E-state index contributed by atoms with van der Waals surface area (Å²) in [5.74, 6) is -0.667. The summed E-state index contributed by atoms with van der Waals surface area (Å²) in [6, 6.07) is 13.5. The molecule has 4 heterocycles. The second-order valence-electron chi connectivity index (χ2n) is 17.0. The van der Waals surface area contributed by atoms with E-state index in [1.807, 2.05) is 73.0 Å². The number of sulfonamides is 1. The van der Waals surface area contributed by atoms with Gasteiger partial charge in [0, 0.05) is 47.5 Å². The number of aromatic nitrogens is 2. The molecule has 2 aromatic heterocycles. The molecule has 0 bridgehead atoms. The van der Waals surface area contributed by atoms with Crippen LogP contribution in [-0.2, 0) is 29.1 Å². The first kappa shape index (κ1) is 42.6. The number of hydrogen-bond acceptors (Lipinski definition) is 12. The second-order valence-corrected chi connectivity index (χ2v) is 19.8. The molecular formula is C45H54N6O8S2. The van der Waals surface area contributed by atoms with Gasteiger partial charge >= 0.3 is 0 Å². The predicted molar refractivity (Wildman–Crippen MR) is 234 cm³/mol. The molecule has 324 valence electrons. The summed E-state index contributed by atoms with van der Waals surface area (Å²) in [6.07, 6.45) is 7.87. The maximum atomic E-state index is 14.9. The fourth-order valence-corrected chi connectivity index (χ4v) is 11.0. The minimum absolute atomic E-state index is 0.0835. The molecule has 14 nitrogen and oxygen atoms in total. The monoisotopic (exact) mass is 870 g/mol. The van der Waals surface area contributed by atoms with Crippen LogP contribution < -0.4 is 24.8 Å². The van der Waals surface area contributed by atoms with E-state index in [9.17, 15) is 22.8 Å². The molecule has 0 spiro atoms. The third-order valence-corrected chi connectivity index (χ3v) is 15.4. The SMILES string of the molecule is COc1ccc2c(O[C@@H]3C[C@H]4C(=O)N[C@]5(C(=O)NS(=O)(=O)C6(OC)CC6)C[C@H]5C=CCCCCC[C@H](Nc5ccccc5)C(=O)N4C3)cc(-c3nc(C(C)C)cs3)nc2c1C. The van der Waals surface area contributed by atoms with E-state index in [1.54, 1.807) is 12.0 Å². The van der Waals surface area contributed by atoms with Gasteiger partial charge in [-0.2, -0.15) is 0 Å². The largest absolute Gasteiger partial charge is 0.496 e. The van der Waals surface area contributed by atoms with E-state index >= 15 is 0 Å². The maximum absolute atomic E-state index is 14.9. The van der Waals surface area contributed by atoms with Gasteiger partial charge in [0.25, 0.3) is 15.9 Å². The molecule has 61 heavy (non-hydrogen) atoms. The lowest BCUT2D eigenvalue weighted by molar-refractivity contribution is -0.140. The number of benzene rings is 2. The molecular weight excluding hydrogens is 817 g/mol. The Morgan fingerprint density at radius 3 is 2.52 bits per heavy atom. The van der Waals surface area contributed by atoms with Crippen LogP contribution >= 0.6 is 11.3 Å². The Kier molecular flexibility index (Phi) is 11.9. The van der Waals surface area contributed by atoms with Crippen molar-refractivity contribution in [2.24, 2.45) is 5.92 Å². The van der Waals surface area contributed by atoms with Crippen LogP contribution in [0.15, 0.2) is 66.1 Å². The molecule has 1 saturated heterocycles. The predicted octanol–water partition coefficient (Wildman–Crippen LogP) is 6.61. The van der Waals surface area contributed by atoms with Crippen molar-refractivity contribution in [3.8, 4) is 22.2 Å². The summed E-state index contributed by atoms with van der Waals surface area (Å²) in [4.78, 5) is 53.7. The summed E-state index contributed by atoms with van der Waals surface area (Å²) in [5.41, 5.74) is 2.34. The van der Waals surface area contributed by atoms with Crippen LogP contribution in [0.4, 0.5) is 5.69 Å². The summed E-state index contributed by atoms with van der Waals surface area (Å²) >= 11 is 1.50. The molecule has 16 heteroatoms. The zero-order valence-corrected chi connectivity index (χ0v) is 36.9. The van der Waals surface area contributed by atoms with Crippen LogP contribution in [0.5, 0.6) is 11.5 Å². The highest BCUT2D eigenvalue weighted by Crippen LogP contribution is 2.48. The van der Waals surface area contributed by atoms with Gasteiger partial charge < -0.3 is 29.7 Å². The lowest BCUT2D eigenvalue weighted by atomic mass is 10.0. The van der Waals surface area contributed by atoms with Crippen molar-refractivity contribution in [1.29, 1.82) is 0 Å². The first-order valence-electron chi connectivity index (χ1n) is 21.1. The molecule has 4 aromatic rings. The number of hydrogen-bond donors (Lipinski definition) is 3. The number of fused-ring (bicyclic) bond motifs is 3. The third kappa shape index (κ3) is 8.46. The minimum atomic E-state index is -4.21. The number of para-hydroxylation sites is 1. The smallest absolute Gasteiger partial charge is 0.265 e. The van der Waals surface area contributed by atoms with Gasteiger partial charge in [0.05, 0.1) is 24.9 Å². The molecule has 2 saturated carbocycles. The topological polar surface area (TPSA) is 178 Å². The number of ether oxygens (including phenoxy) is 3. The molecule has 2 aliphatic carbocycles. The first-order chi connectivity index (χ1) is 29.3. The van der Waals surface area contributed by atoms with E-state index in [4.69, 9.17) is 24.2 Å². The number of amides is 3. The highest BCUT2D eigenvalue weighted by Gasteiger charge is 2.64. The zero-order chi connectivity index (χ0) is 43.1. The quantitative estimate of drug-likeness (QED) is 0.138. The van der Waals surface area contributed by atoms with E-state index in [2.05, 4.69) is 29.2 Å². The number of carbonyl (C=O) groups excluding carboxylic acids is 3. The van der Waals surface area contributed by atoms with Crippen molar-refractivity contribution >= 4 is 55.7 Å². The molecule has 8 rings (SSSR count). The Balaban J connectivity index is 1.15. The van der Waals surface area contributed by atoms with Gasteiger partial charge in [-0.3, -0.25) is 14.4 Å². The van der Waals surface area contributed by atoms with Crippen LogP contribution in [0.25, 0.3) is 21.6 Å². The van der Waals surface area contributed by atoms with E-state index in [0.717, 1.165) is 53.0 Å². The summed E-state index contributed by atoms with van der Waals surface area (Å²) in [5, 5.41) is 9.91. The molecule has 2 aromatic carbocycles. The van der Waals surface area contributed by atoms with Crippen molar-refractivity contribution in [2.75, 3.05) is 26.1 Å². The van der Waals surface area contributed by atoms with E-state index in [-0.39, 0.29) is 44.1 Å². The normalized spacial score (nSPS) is 25.2. The van der Waals surface area contributed by atoms with E-state index < -0.39 is 56.4 Å². The van der Waals surface area contributed by atoms with Crippen LogP contribution in [0.3, 0.4) is 0 Å². The molecule has 5 atom stereocenters. The minimum Gasteiger partial charge on any atom is -0.496 e. The second kappa shape index (κ2) is 17.0. The maximum Gasteiger partial charge on any atom is 0.265 e. The molecule has 0 unspecified atom stereocenters. The molecule has 4 aliphatic rings. The Morgan fingerprint density at radius 1 is 1.03 bits per heavy atom. The fourth-order valence-electron chi connectivity index (χ4n) is 8.55. The van der Waals surface area contributed by atoms with Gasteiger partial charge in [-0.1, -0.05) is 57.0 Å². The summed E-state index contributed by atoms with van der Waals surface area (Å²) in [6.45, 7) is 6.20. The van der Waals surface area contributed by atoms with Gasteiger partial charge in [0.1, 0.15) is 45.9 Å². The summed E-state index contributed by atoms with van der Waals surface area (Å²) < 4.78 is 46.9. The Bertz CT molecular complexity index is 2450. The average Bonchev–Trinajstić information content (AvgIpc) is 4.07. The van der Waals surface area contributed by atoms with Gasteiger partial charge in [0.2, 0.25) is 11.8 Å². The number of methoxy groups -OCH3 is 2. The van der Waals surface area contributed by atoms with Crippen molar-refractivity contribution in [2.45, 2.75) is 113 Å². The van der Waals surface area contributed by atoms with Crippen LogP contribution in [0.1, 0.15) is 88.8 Å². The molecule has 3 fully saturated rings.